The van der Waals surface area contributed by atoms with E-state index >= 15 is 0 Å². The van der Waals surface area contributed by atoms with Crippen molar-refractivity contribution in [2.75, 3.05) is 13.1 Å². The lowest BCUT2D eigenvalue weighted by Crippen LogP contribution is -2.35. The number of piperidine rings is 1. The molecule has 6 nitrogen and oxygen atoms in total. The number of hydrogen-bond acceptors (Lipinski definition) is 5. The number of rotatable bonds is 6. The van der Waals surface area contributed by atoms with Crippen LogP contribution < -0.4 is 5.32 Å². The van der Waals surface area contributed by atoms with Crippen molar-refractivity contribution in [2.24, 2.45) is 0 Å². The monoisotopic (exact) mass is 455 g/mol. The number of aromatic nitrogens is 1. The van der Waals surface area contributed by atoms with Crippen LogP contribution in [-0.2, 0) is 16.6 Å². The third kappa shape index (κ3) is 4.87. The Morgan fingerprint density at radius 3 is 2.39 bits per heavy atom. The maximum absolute atomic E-state index is 12.8. The van der Waals surface area contributed by atoms with Gasteiger partial charge in [-0.15, -0.1) is 11.3 Å². The van der Waals surface area contributed by atoms with E-state index in [0.717, 1.165) is 40.4 Å². The summed E-state index contributed by atoms with van der Waals surface area (Å²) in [5, 5.41) is 3.84. The van der Waals surface area contributed by atoms with Crippen molar-refractivity contribution >= 4 is 27.3 Å². The Hall–Kier alpha value is -2.55. The van der Waals surface area contributed by atoms with E-state index in [9.17, 15) is 13.2 Å². The highest BCUT2D eigenvalue weighted by Crippen LogP contribution is 2.27. The van der Waals surface area contributed by atoms with Crippen LogP contribution in [0.1, 0.15) is 40.2 Å². The van der Waals surface area contributed by atoms with E-state index in [2.05, 4.69) is 10.3 Å². The van der Waals surface area contributed by atoms with Gasteiger partial charge >= 0.3 is 0 Å². The van der Waals surface area contributed by atoms with E-state index in [1.165, 1.54) is 16.4 Å². The molecule has 1 N–H and O–H groups in total. The van der Waals surface area contributed by atoms with Crippen LogP contribution in [0.3, 0.4) is 0 Å². The molecule has 1 aliphatic rings. The van der Waals surface area contributed by atoms with Crippen LogP contribution in [0.4, 0.5) is 0 Å². The van der Waals surface area contributed by atoms with Crippen molar-refractivity contribution in [2.45, 2.75) is 37.6 Å². The van der Waals surface area contributed by atoms with E-state index in [1.54, 1.807) is 23.5 Å². The SMILES string of the molecule is Cc1nc(-c2ccccc2)sc1CNC(=O)c1ccc(S(=O)(=O)N2CCCCC2)cc1. The highest BCUT2D eigenvalue weighted by Gasteiger charge is 2.26. The smallest absolute Gasteiger partial charge is 0.251 e. The number of carbonyl (C=O) groups is 1. The lowest BCUT2D eigenvalue weighted by atomic mass is 10.2. The normalized spacial score (nSPS) is 15.0. The quantitative estimate of drug-likeness (QED) is 0.603. The van der Waals surface area contributed by atoms with Gasteiger partial charge in [0.25, 0.3) is 5.91 Å². The molecule has 3 aromatic rings. The highest BCUT2D eigenvalue weighted by molar-refractivity contribution is 7.89. The molecule has 1 aromatic heterocycles. The molecule has 4 rings (SSSR count). The van der Waals surface area contributed by atoms with E-state index in [0.29, 0.717) is 25.2 Å². The summed E-state index contributed by atoms with van der Waals surface area (Å²) in [6, 6.07) is 16.1. The number of hydrogen-bond donors (Lipinski definition) is 1. The Kier molecular flexibility index (Phi) is 6.50. The largest absolute Gasteiger partial charge is 0.347 e. The first-order chi connectivity index (χ1) is 14.9. The molecule has 1 amide bonds. The average Bonchev–Trinajstić information content (AvgIpc) is 3.19. The molecule has 0 spiro atoms. The second-order valence-corrected chi connectivity index (χ2v) is 10.6. The number of nitrogens with zero attached hydrogens (tertiary/aromatic N) is 2. The highest BCUT2D eigenvalue weighted by atomic mass is 32.2. The molecule has 1 fully saturated rings. The summed E-state index contributed by atoms with van der Waals surface area (Å²) in [4.78, 5) is 18.4. The van der Waals surface area contributed by atoms with Crippen LogP contribution in [0.2, 0.25) is 0 Å². The fraction of sp³-hybridized carbons (Fsp3) is 0.304. The van der Waals surface area contributed by atoms with Gasteiger partial charge in [0.15, 0.2) is 0 Å². The average molecular weight is 456 g/mol. The van der Waals surface area contributed by atoms with Gasteiger partial charge in [-0.3, -0.25) is 4.79 Å². The van der Waals surface area contributed by atoms with Crippen molar-refractivity contribution < 1.29 is 13.2 Å². The van der Waals surface area contributed by atoms with Crippen LogP contribution >= 0.6 is 11.3 Å². The van der Waals surface area contributed by atoms with Gasteiger partial charge in [0.1, 0.15) is 5.01 Å². The summed E-state index contributed by atoms with van der Waals surface area (Å²) in [6.07, 6.45) is 2.85. The molecule has 0 aliphatic carbocycles. The number of amides is 1. The molecule has 162 valence electrons. The Morgan fingerprint density at radius 2 is 1.71 bits per heavy atom. The molecule has 0 radical (unpaired) electrons. The van der Waals surface area contributed by atoms with E-state index in [1.807, 2.05) is 37.3 Å². The minimum Gasteiger partial charge on any atom is -0.347 e. The van der Waals surface area contributed by atoms with Gasteiger partial charge in [0.05, 0.1) is 17.1 Å². The molecule has 0 unspecified atom stereocenters. The second kappa shape index (κ2) is 9.30. The first-order valence-corrected chi connectivity index (χ1v) is 12.6. The first kappa shape index (κ1) is 21.7. The van der Waals surface area contributed by atoms with Gasteiger partial charge in [-0.05, 0) is 44.0 Å². The zero-order chi connectivity index (χ0) is 21.8. The molecule has 2 aromatic carbocycles. The maximum atomic E-state index is 12.8. The van der Waals surface area contributed by atoms with Gasteiger partial charge in [0, 0.05) is 29.1 Å². The van der Waals surface area contributed by atoms with E-state index in [4.69, 9.17) is 0 Å². The predicted octanol–water partition coefficient (Wildman–Crippen LogP) is 4.22. The maximum Gasteiger partial charge on any atom is 0.251 e. The Morgan fingerprint density at radius 1 is 1.03 bits per heavy atom. The van der Waals surface area contributed by atoms with Gasteiger partial charge in [-0.25, -0.2) is 13.4 Å². The number of benzene rings is 2. The van der Waals surface area contributed by atoms with Gasteiger partial charge in [-0.1, -0.05) is 36.8 Å². The zero-order valence-corrected chi connectivity index (χ0v) is 19.0. The van der Waals surface area contributed by atoms with E-state index < -0.39 is 10.0 Å². The van der Waals surface area contributed by atoms with Gasteiger partial charge in [-0.2, -0.15) is 4.31 Å². The van der Waals surface area contributed by atoms with Crippen LogP contribution in [0, 0.1) is 6.92 Å². The van der Waals surface area contributed by atoms with Crippen LogP contribution in [0.15, 0.2) is 59.5 Å². The molecule has 1 saturated heterocycles. The summed E-state index contributed by atoms with van der Waals surface area (Å²) in [7, 11) is -3.49. The van der Waals surface area contributed by atoms with E-state index in [-0.39, 0.29) is 10.8 Å². The Balaban J connectivity index is 1.41. The zero-order valence-electron chi connectivity index (χ0n) is 17.4. The van der Waals surface area contributed by atoms with Crippen LogP contribution in [-0.4, -0.2) is 36.7 Å². The van der Waals surface area contributed by atoms with Crippen LogP contribution in [0.25, 0.3) is 10.6 Å². The van der Waals surface area contributed by atoms with Crippen molar-refractivity contribution in [1.82, 2.24) is 14.6 Å². The topological polar surface area (TPSA) is 79.4 Å². The number of aryl methyl sites for hydroxylation is 1. The third-order valence-electron chi connectivity index (χ3n) is 5.39. The fourth-order valence-corrected chi connectivity index (χ4v) is 6.12. The Bertz CT molecular complexity index is 1150. The fourth-order valence-electron chi connectivity index (χ4n) is 3.59. The summed E-state index contributed by atoms with van der Waals surface area (Å²) in [6.45, 7) is 3.43. The lowest BCUT2D eigenvalue weighted by Gasteiger charge is -2.25. The molecular weight excluding hydrogens is 430 g/mol. The predicted molar refractivity (Wildman–Crippen MR) is 123 cm³/mol. The number of thiazole rings is 1. The van der Waals surface area contributed by atoms with Gasteiger partial charge < -0.3 is 5.32 Å². The lowest BCUT2D eigenvalue weighted by molar-refractivity contribution is 0.0951. The summed E-state index contributed by atoms with van der Waals surface area (Å²) < 4.78 is 27.0. The summed E-state index contributed by atoms with van der Waals surface area (Å²) in [5.74, 6) is -0.240. The minimum absolute atomic E-state index is 0.233. The second-order valence-electron chi connectivity index (χ2n) is 7.57. The molecule has 0 saturated carbocycles. The number of nitrogens with one attached hydrogen (secondary N) is 1. The Labute approximate surface area is 187 Å². The summed E-state index contributed by atoms with van der Waals surface area (Å²) in [5.41, 5.74) is 2.38. The molecule has 1 aliphatic heterocycles. The molecule has 8 heteroatoms. The standard InChI is InChI=1S/C23H25N3O3S2/c1-17-21(30-23(25-17)19-8-4-2-5-9-19)16-24-22(27)18-10-12-20(13-11-18)31(28,29)26-14-6-3-7-15-26/h2,4-5,8-13H,3,6-7,14-16H2,1H3,(H,24,27). The molecule has 0 bridgehead atoms. The summed E-state index contributed by atoms with van der Waals surface area (Å²) >= 11 is 1.56. The van der Waals surface area contributed by atoms with Crippen molar-refractivity contribution in [3.63, 3.8) is 0 Å². The molecule has 0 atom stereocenters. The molecule has 2 heterocycles. The van der Waals surface area contributed by atoms with Crippen LogP contribution in [0.5, 0.6) is 0 Å². The third-order valence-corrected chi connectivity index (χ3v) is 8.51. The van der Waals surface area contributed by atoms with Crippen molar-refractivity contribution in [1.29, 1.82) is 0 Å². The van der Waals surface area contributed by atoms with Gasteiger partial charge in [0.2, 0.25) is 10.0 Å². The van der Waals surface area contributed by atoms with Crippen molar-refractivity contribution in [3.05, 3.63) is 70.7 Å². The first-order valence-electron chi connectivity index (χ1n) is 10.4. The number of carbonyl (C=O) groups excluding carboxylic acids is 1. The van der Waals surface area contributed by atoms with Crippen molar-refractivity contribution in [3.8, 4) is 10.6 Å². The number of sulfonamides is 1. The minimum atomic E-state index is -3.49. The molecular formula is C23H25N3O3S2. The molecule has 31 heavy (non-hydrogen) atoms.